The molecule has 0 aromatic carbocycles. The summed E-state index contributed by atoms with van der Waals surface area (Å²) in [5, 5.41) is 7.79. The van der Waals surface area contributed by atoms with Crippen molar-refractivity contribution >= 4 is 0 Å². The highest BCUT2D eigenvalue weighted by Crippen LogP contribution is 2.47. The summed E-state index contributed by atoms with van der Waals surface area (Å²) in [5.74, 6) is 2.53. The van der Waals surface area contributed by atoms with Crippen LogP contribution in [0.3, 0.4) is 0 Å². The molecule has 1 N–H and O–H groups in total. The third-order valence-corrected chi connectivity index (χ3v) is 5.95. The quantitative estimate of drug-likeness (QED) is 0.931. The number of alkyl halides is 1. The highest BCUT2D eigenvalue weighted by atomic mass is 19.1. The second kappa shape index (κ2) is 5.04. The van der Waals surface area contributed by atoms with E-state index in [9.17, 15) is 4.39 Å². The molecule has 5 heteroatoms. The first-order chi connectivity index (χ1) is 10.2. The Labute approximate surface area is 124 Å². The minimum Gasteiger partial charge on any atom is -0.339 e. The lowest BCUT2D eigenvalue weighted by molar-refractivity contribution is 0.140. The van der Waals surface area contributed by atoms with Crippen LogP contribution in [0.5, 0.6) is 0 Å². The van der Waals surface area contributed by atoms with Crippen molar-refractivity contribution in [2.75, 3.05) is 13.1 Å². The first kappa shape index (κ1) is 13.7. The van der Waals surface area contributed by atoms with Crippen LogP contribution in [-0.2, 0) is 5.41 Å². The van der Waals surface area contributed by atoms with Gasteiger partial charge in [-0.25, -0.2) is 4.39 Å². The predicted molar refractivity (Wildman–Crippen MR) is 76.8 cm³/mol. The summed E-state index contributed by atoms with van der Waals surface area (Å²) in [7, 11) is 0. The average Bonchev–Trinajstić information content (AvgIpc) is 2.93. The van der Waals surface area contributed by atoms with E-state index in [4.69, 9.17) is 4.52 Å². The van der Waals surface area contributed by atoms with Crippen LogP contribution in [0.2, 0.25) is 0 Å². The zero-order valence-corrected chi connectivity index (χ0v) is 12.6. The van der Waals surface area contributed by atoms with Gasteiger partial charge in [0, 0.05) is 5.41 Å². The Balaban J connectivity index is 1.60. The Morgan fingerprint density at radius 2 is 2.10 bits per heavy atom. The van der Waals surface area contributed by atoms with Gasteiger partial charge in [0.2, 0.25) is 5.89 Å². The molecule has 0 spiro atoms. The number of aromatic nitrogens is 2. The minimum atomic E-state index is -0.773. The van der Waals surface area contributed by atoms with E-state index in [1.807, 2.05) is 0 Å². The van der Waals surface area contributed by atoms with Crippen molar-refractivity contribution in [3.63, 3.8) is 0 Å². The third-order valence-electron chi connectivity index (χ3n) is 5.95. The molecule has 0 amide bonds. The van der Waals surface area contributed by atoms with E-state index in [1.165, 1.54) is 25.7 Å². The maximum atomic E-state index is 13.2. The Hall–Kier alpha value is -0.970. The van der Waals surface area contributed by atoms with Crippen LogP contribution >= 0.6 is 0 Å². The number of piperidine rings is 1. The van der Waals surface area contributed by atoms with E-state index < -0.39 is 6.17 Å². The summed E-state index contributed by atoms with van der Waals surface area (Å²) in [6.07, 6.45) is 6.15. The Kier molecular flexibility index (Phi) is 3.28. The molecule has 4 atom stereocenters. The van der Waals surface area contributed by atoms with Crippen molar-refractivity contribution < 1.29 is 8.91 Å². The van der Waals surface area contributed by atoms with Crippen LogP contribution in [0, 0.1) is 11.8 Å². The molecule has 2 saturated carbocycles. The lowest BCUT2D eigenvalue weighted by atomic mass is 9.66. The molecule has 3 fully saturated rings. The zero-order valence-electron chi connectivity index (χ0n) is 12.6. The molecule has 4 rings (SSSR count). The molecule has 2 heterocycles. The summed E-state index contributed by atoms with van der Waals surface area (Å²) < 4.78 is 18.6. The van der Waals surface area contributed by atoms with Crippen LogP contribution in [-0.4, -0.2) is 29.4 Å². The summed E-state index contributed by atoms with van der Waals surface area (Å²) in [6, 6.07) is 0. The molecule has 21 heavy (non-hydrogen) atoms. The van der Waals surface area contributed by atoms with Gasteiger partial charge >= 0.3 is 0 Å². The van der Waals surface area contributed by atoms with Gasteiger partial charge in [0.05, 0.1) is 5.92 Å². The number of rotatable bonds is 3. The lowest BCUT2D eigenvalue weighted by Gasteiger charge is -2.42. The van der Waals surface area contributed by atoms with E-state index in [1.54, 1.807) is 0 Å². The summed E-state index contributed by atoms with van der Waals surface area (Å²) >= 11 is 0. The van der Waals surface area contributed by atoms with Gasteiger partial charge in [0.15, 0.2) is 5.82 Å². The van der Waals surface area contributed by atoms with Crippen LogP contribution in [0.25, 0.3) is 0 Å². The average molecular weight is 293 g/mol. The Morgan fingerprint density at radius 1 is 1.33 bits per heavy atom. The van der Waals surface area contributed by atoms with Gasteiger partial charge in [-0.05, 0) is 37.8 Å². The lowest BCUT2D eigenvalue weighted by Crippen LogP contribution is -2.49. The van der Waals surface area contributed by atoms with Crippen molar-refractivity contribution in [2.45, 2.75) is 63.0 Å². The van der Waals surface area contributed by atoms with Gasteiger partial charge in [0.25, 0.3) is 0 Å². The molecule has 1 aromatic rings. The molecule has 1 aromatic heterocycles. The minimum absolute atomic E-state index is 0.0251. The van der Waals surface area contributed by atoms with Crippen molar-refractivity contribution in [1.82, 2.24) is 15.5 Å². The van der Waals surface area contributed by atoms with E-state index in [2.05, 4.69) is 22.4 Å². The molecule has 2 unspecified atom stereocenters. The molecule has 2 aliphatic carbocycles. The molecule has 0 bridgehead atoms. The van der Waals surface area contributed by atoms with Crippen LogP contribution in [0.4, 0.5) is 4.39 Å². The molecular weight excluding hydrogens is 269 g/mol. The van der Waals surface area contributed by atoms with Gasteiger partial charge in [-0.3, -0.25) is 0 Å². The number of hydrogen-bond acceptors (Lipinski definition) is 4. The molecule has 4 nitrogen and oxygen atoms in total. The van der Waals surface area contributed by atoms with Gasteiger partial charge in [-0.1, -0.05) is 37.8 Å². The summed E-state index contributed by atoms with van der Waals surface area (Å²) in [6.45, 7) is 4.32. The van der Waals surface area contributed by atoms with Crippen molar-refractivity contribution in [3.05, 3.63) is 11.7 Å². The first-order valence-corrected chi connectivity index (χ1v) is 8.37. The molecular formula is C16H24FN3O. The largest absolute Gasteiger partial charge is 0.339 e. The fourth-order valence-electron chi connectivity index (χ4n) is 4.38. The standard InChI is InChI=1S/C16H24FN3O/c1-16(15-19-14(21-20-15)11-8-13(11)17)6-7-18-9-12(16)10-4-2-3-5-10/h10-13,18H,2-9H2,1H3/t11-,12?,13+,16?/m1/s1. The van der Waals surface area contributed by atoms with Crippen molar-refractivity contribution in [1.29, 1.82) is 0 Å². The molecule has 0 radical (unpaired) electrons. The van der Waals surface area contributed by atoms with E-state index in [0.29, 0.717) is 18.2 Å². The fourth-order valence-corrected chi connectivity index (χ4v) is 4.38. The number of hydrogen-bond donors (Lipinski definition) is 1. The van der Waals surface area contributed by atoms with E-state index in [0.717, 1.165) is 31.3 Å². The van der Waals surface area contributed by atoms with Gasteiger partial charge < -0.3 is 9.84 Å². The number of nitrogens with zero attached hydrogens (tertiary/aromatic N) is 2. The van der Waals surface area contributed by atoms with Gasteiger partial charge in [-0.15, -0.1) is 0 Å². The van der Waals surface area contributed by atoms with Gasteiger partial charge in [0.1, 0.15) is 6.17 Å². The van der Waals surface area contributed by atoms with Crippen LogP contribution in [0.1, 0.15) is 63.1 Å². The normalized spacial score (nSPS) is 40.6. The van der Waals surface area contributed by atoms with Crippen molar-refractivity contribution in [2.24, 2.45) is 11.8 Å². The summed E-state index contributed by atoms with van der Waals surface area (Å²) in [4.78, 5) is 4.59. The fraction of sp³-hybridized carbons (Fsp3) is 0.875. The van der Waals surface area contributed by atoms with Crippen LogP contribution < -0.4 is 5.32 Å². The number of halogens is 1. The monoisotopic (exact) mass is 293 g/mol. The Bertz CT molecular complexity index is 513. The molecule has 3 aliphatic rings. The van der Waals surface area contributed by atoms with E-state index >= 15 is 0 Å². The first-order valence-electron chi connectivity index (χ1n) is 8.37. The predicted octanol–water partition coefficient (Wildman–Crippen LogP) is 2.95. The zero-order chi connectivity index (χ0) is 14.4. The topological polar surface area (TPSA) is 51.0 Å². The molecule has 1 saturated heterocycles. The van der Waals surface area contributed by atoms with Gasteiger partial charge in [-0.2, -0.15) is 4.98 Å². The van der Waals surface area contributed by atoms with Crippen molar-refractivity contribution in [3.8, 4) is 0 Å². The molecule has 1 aliphatic heterocycles. The van der Waals surface area contributed by atoms with E-state index in [-0.39, 0.29) is 11.3 Å². The SMILES string of the molecule is CC1(c2noc([C@@H]3C[C@@H]3F)n2)CCNCC1C1CCCC1. The highest BCUT2D eigenvalue weighted by Gasteiger charge is 2.48. The number of nitrogens with one attached hydrogen (secondary N) is 1. The third kappa shape index (κ3) is 2.30. The summed E-state index contributed by atoms with van der Waals surface area (Å²) in [5.41, 5.74) is -0.0251. The second-order valence-corrected chi connectivity index (χ2v) is 7.34. The highest BCUT2D eigenvalue weighted by molar-refractivity contribution is 5.16. The maximum Gasteiger partial charge on any atom is 0.232 e. The maximum absolute atomic E-state index is 13.2. The molecule has 116 valence electrons. The van der Waals surface area contributed by atoms with Crippen LogP contribution in [0.15, 0.2) is 4.52 Å². The smallest absolute Gasteiger partial charge is 0.232 e. The second-order valence-electron chi connectivity index (χ2n) is 7.34. The Morgan fingerprint density at radius 3 is 2.81 bits per heavy atom.